The topological polar surface area (TPSA) is 199 Å². The van der Waals surface area contributed by atoms with Crippen LogP contribution in [0.15, 0.2) is 78.9 Å². The van der Waals surface area contributed by atoms with E-state index in [0.29, 0.717) is 40.9 Å². The van der Waals surface area contributed by atoms with Crippen LogP contribution in [-0.2, 0) is 33.9 Å². The predicted octanol–water partition coefficient (Wildman–Crippen LogP) is 5.14. The van der Waals surface area contributed by atoms with Crippen LogP contribution in [0.1, 0.15) is 73.1 Å². The normalized spacial score (nSPS) is 21.6. The number of likely N-dealkylation sites (tertiary alicyclic amines) is 1. The van der Waals surface area contributed by atoms with Gasteiger partial charge in [-0.1, -0.05) is 42.0 Å². The summed E-state index contributed by atoms with van der Waals surface area (Å²) in [6, 6.07) is 14.1. The highest BCUT2D eigenvalue weighted by molar-refractivity contribution is 7.91. The van der Waals surface area contributed by atoms with Crippen molar-refractivity contribution in [1.82, 2.24) is 25.2 Å². The Labute approximate surface area is 350 Å². The summed E-state index contributed by atoms with van der Waals surface area (Å²) in [5, 5.41) is 5.36. The van der Waals surface area contributed by atoms with Crippen LogP contribution in [0.4, 0.5) is 4.79 Å². The van der Waals surface area contributed by atoms with Crippen molar-refractivity contribution in [1.29, 1.82) is 0 Å². The lowest BCUT2D eigenvalue weighted by Crippen LogP contribution is -2.58. The predicted molar refractivity (Wildman–Crippen MR) is 224 cm³/mol. The Bertz CT molecular complexity index is 2320. The summed E-state index contributed by atoms with van der Waals surface area (Å²) in [5.41, 5.74) is 0.232. The molecule has 2 aromatic carbocycles. The molecule has 16 heteroatoms. The van der Waals surface area contributed by atoms with E-state index in [1.165, 1.54) is 17.1 Å². The van der Waals surface area contributed by atoms with E-state index in [9.17, 15) is 32.4 Å². The standard InChI is InChI=1S/C44H53N5O10S/c1-8-28-24-44(28,41(53)48-60(55,56)32-16-17-32)47-39(51)37-22-31(25-49(37)40(52)34(19-14-29(50)20-26(2)3)46-42(54)59-43(4,5)6)58-38-23-35(27-12-10-9-11-13-27)45-36-21-30(57-7)15-18-33(36)38/h8-13,15,18,20-21,23,28,31-32,34,37H,1,14,16-17,19,22,24-25H2,2-7H3,(H,46,54)(H,47,51)(H,48,53)/t28?,31-,34+,37?,44-/m1/s1. The van der Waals surface area contributed by atoms with Crippen LogP contribution >= 0.6 is 0 Å². The van der Waals surface area contributed by atoms with Gasteiger partial charge in [0.1, 0.15) is 40.8 Å². The Morgan fingerprint density at radius 2 is 1.77 bits per heavy atom. The number of methoxy groups -OCH3 is 1. The lowest BCUT2D eigenvalue weighted by Gasteiger charge is -2.30. The number of nitrogens with one attached hydrogen (secondary N) is 3. The van der Waals surface area contributed by atoms with E-state index in [0.717, 1.165) is 11.1 Å². The first-order valence-corrected chi connectivity index (χ1v) is 21.6. The SMILES string of the molecule is C=CC1C[C@]1(NC(=O)C1C[C@@H](Oc2cc(-c3ccccc3)nc3cc(OC)ccc23)CN1C(=O)[C@H](CCC(=O)C=C(C)C)NC(=O)OC(C)(C)C)C(=O)NS(=O)(=O)C1CC1. The number of nitrogens with zero attached hydrogens (tertiary/aromatic N) is 2. The number of rotatable bonds is 16. The molecule has 0 radical (unpaired) electrons. The maximum atomic E-state index is 14.7. The van der Waals surface area contributed by atoms with E-state index in [-0.39, 0.29) is 38.0 Å². The van der Waals surface area contributed by atoms with E-state index >= 15 is 0 Å². The van der Waals surface area contributed by atoms with Crippen LogP contribution in [0.2, 0.25) is 0 Å². The number of carbonyl (C=O) groups is 5. The Morgan fingerprint density at radius 3 is 2.38 bits per heavy atom. The zero-order valence-electron chi connectivity index (χ0n) is 34.8. The number of amides is 4. The number of aromatic nitrogens is 1. The third-order valence-electron chi connectivity index (χ3n) is 10.6. The zero-order chi connectivity index (χ0) is 43.6. The maximum Gasteiger partial charge on any atom is 0.408 e. The molecule has 15 nitrogen and oxygen atoms in total. The van der Waals surface area contributed by atoms with Crippen LogP contribution in [0.25, 0.3) is 22.2 Å². The average Bonchev–Trinajstić information content (AvgIpc) is 4.12. The smallest absolute Gasteiger partial charge is 0.408 e. The Hall–Kier alpha value is -5.77. The number of ether oxygens (including phenoxy) is 3. The van der Waals surface area contributed by atoms with Crippen molar-refractivity contribution in [3.63, 3.8) is 0 Å². The Morgan fingerprint density at radius 1 is 1.05 bits per heavy atom. The fraction of sp³-hybridized carbons (Fsp3) is 0.455. The average molecular weight is 844 g/mol. The number of allylic oxidation sites excluding steroid dienone is 2. The number of hydrogen-bond donors (Lipinski definition) is 3. The lowest BCUT2D eigenvalue weighted by atomic mass is 10.1. The lowest BCUT2D eigenvalue weighted by molar-refractivity contribution is -0.141. The van der Waals surface area contributed by atoms with Crippen LogP contribution in [0.3, 0.4) is 0 Å². The molecule has 2 saturated carbocycles. The van der Waals surface area contributed by atoms with Crippen molar-refractivity contribution >= 4 is 50.5 Å². The molecule has 6 rings (SSSR count). The molecular weight excluding hydrogens is 791 g/mol. The van der Waals surface area contributed by atoms with Gasteiger partial charge in [-0.3, -0.25) is 23.9 Å². The van der Waals surface area contributed by atoms with E-state index < -0.39 is 74.3 Å². The summed E-state index contributed by atoms with van der Waals surface area (Å²) in [6.07, 6.45) is 1.92. The van der Waals surface area contributed by atoms with Gasteiger partial charge < -0.3 is 29.7 Å². The van der Waals surface area contributed by atoms with Gasteiger partial charge in [0.25, 0.3) is 5.91 Å². The minimum atomic E-state index is -3.95. The molecule has 2 aliphatic carbocycles. The summed E-state index contributed by atoms with van der Waals surface area (Å²) < 4.78 is 45.4. The molecule has 3 aromatic rings. The van der Waals surface area contributed by atoms with Crippen molar-refractivity contribution in [2.75, 3.05) is 13.7 Å². The van der Waals surface area contributed by atoms with Gasteiger partial charge >= 0.3 is 6.09 Å². The largest absolute Gasteiger partial charge is 0.497 e. The van der Waals surface area contributed by atoms with E-state index in [1.807, 2.05) is 30.3 Å². The molecule has 3 aliphatic rings. The highest BCUT2D eigenvalue weighted by Gasteiger charge is 2.62. The quantitative estimate of drug-likeness (QED) is 0.128. The minimum Gasteiger partial charge on any atom is -0.497 e. The molecule has 4 amide bonds. The molecular formula is C44H53N5O10S. The van der Waals surface area contributed by atoms with Gasteiger partial charge in [-0.15, -0.1) is 6.58 Å². The summed E-state index contributed by atoms with van der Waals surface area (Å²) in [5.74, 6) is -2.14. The Kier molecular flexibility index (Phi) is 12.7. The van der Waals surface area contributed by atoms with Crippen molar-refractivity contribution in [2.24, 2.45) is 5.92 Å². The second-order valence-corrected chi connectivity index (χ2v) is 18.8. The van der Waals surface area contributed by atoms with Gasteiger partial charge in [0.2, 0.25) is 21.8 Å². The third kappa shape index (κ3) is 10.3. The number of carbonyl (C=O) groups excluding carboxylic acids is 5. The van der Waals surface area contributed by atoms with Crippen molar-refractivity contribution < 1.29 is 46.6 Å². The molecule has 1 aliphatic heterocycles. The number of alkyl carbamates (subject to hydrolysis) is 1. The summed E-state index contributed by atoms with van der Waals surface area (Å²) in [6.45, 7) is 12.2. The summed E-state index contributed by atoms with van der Waals surface area (Å²) in [4.78, 5) is 75.0. The summed E-state index contributed by atoms with van der Waals surface area (Å²) >= 11 is 0. The van der Waals surface area contributed by atoms with E-state index in [2.05, 4.69) is 21.9 Å². The fourth-order valence-corrected chi connectivity index (χ4v) is 8.68. The first-order chi connectivity index (χ1) is 28.3. The third-order valence-corrected chi connectivity index (χ3v) is 12.4. The molecule has 60 heavy (non-hydrogen) atoms. The van der Waals surface area contributed by atoms with E-state index in [1.54, 1.807) is 66.0 Å². The number of hydrogen-bond acceptors (Lipinski definition) is 11. The molecule has 1 aromatic heterocycles. The van der Waals surface area contributed by atoms with Crippen LogP contribution in [0, 0.1) is 5.92 Å². The molecule has 3 N–H and O–H groups in total. The van der Waals surface area contributed by atoms with Gasteiger partial charge in [-0.25, -0.2) is 18.2 Å². The molecule has 1 saturated heterocycles. The van der Waals surface area contributed by atoms with Gasteiger partial charge in [0.15, 0.2) is 5.78 Å². The number of ketones is 1. The molecule has 0 spiro atoms. The first-order valence-electron chi connectivity index (χ1n) is 20.0. The highest BCUT2D eigenvalue weighted by atomic mass is 32.2. The van der Waals surface area contributed by atoms with E-state index in [4.69, 9.17) is 19.2 Å². The second-order valence-electron chi connectivity index (χ2n) is 16.8. The van der Waals surface area contributed by atoms with Crippen LogP contribution in [0.5, 0.6) is 11.5 Å². The molecule has 5 atom stereocenters. The molecule has 3 fully saturated rings. The Balaban J connectivity index is 1.35. The molecule has 320 valence electrons. The highest BCUT2D eigenvalue weighted by Crippen LogP contribution is 2.45. The molecule has 2 unspecified atom stereocenters. The monoisotopic (exact) mass is 843 g/mol. The second kappa shape index (κ2) is 17.4. The number of benzene rings is 2. The minimum absolute atomic E-state index is 0.0507. The van der Waals surface area contributed by atoms with Crippen LogP contribution in [-0.4, -0.2) is 96.1 Å². The zero-order valence-corrected chi connectivity index (χ0v) is 35.6. The number of sulfonamides is 1. The van der Waals surface area contributed by atoms with Crippen molar-refractivity contribution in [2.45, 2.75) is 108 Å². The molecule has 2 heterocycles. The summed E-state index contributed by atoms with van der Waals surface area (Å²) in [7, 11) is -2.40. The number of fused-ring (bicyclic) bond motifs is 1. The number of pyridine rings is 1. The van der Waals surface area contributed by atoms with Crippen LogP contribution < -0.4 is 24.8 Å². The maximum absolute atomic E-state index is 14.7. The van der Waals surface area contributed by atoms with Crippen molar-refractivity contribution in [3.8, 4) is 22.8 Å². The van der Waals surface area contributed by atoms with Crippen molar-refractivity contribution in [3.05, 3.63) is 78.9 Å². The first kappa shape index (κ1) is 43.8. The van der Waals surface area contributed by atoms with Gasteiger partial charge in [0, 0.05) is 41.8 Å². The van der Waals surface area contributed by atoms with Gasteiger partial charge in [-0.05, 0) is 78.5 Å². The fourth-order valence-electron chi connectivity index (χ4n) is 7.32. The van der Waals surface area contributed by atoms with Gasteiger partial charge in [-0.2, -0.15) is 0 Å². The molecule has 0 bridgehead atoms. The van der Waals surface area contributed by atoms with Gasteiger partial charge in [0.05, 0.1) is 30.1 Å².